The Morgan fingerprint density at radius 2 is 1.86 bits per heavy atom. The van der Waals surface area contributed by atoms with Crippen LogP contribution in [0.1, 0.15) is 25.7 Å². The van der Waals surface area contributed by atoms with Crippen LogP contribution in [0.3, 0.4) is 0 Å². The van der Waals surface area contributed by atoms with E-state index in [1.165, 1.54) is 0 Å². The van der Waals surface area contributed by atoms with Crippen molar-refractivity contribution in [2.45, 2.75) is 31.8 Å². The van der Waals surface area contributed by atoms with Gasteiger partial charge in [0.15, 0.2) is 0 Å². The van der Waals surface area contributed by atoms with Crippen LogP contribution in [-0.2, 0) is 14.3 Å². The van der Waals surface area contributed by atoms with E-state index in [1.807, 2.05) is 0 Å². The Morgan fingerprint density at radius 3 is 2.21 bits per heavy atom. The van der Waals surface area contributed by atoms with Crippen LogP contribution < -0.4 is 0 Å². The summed E-state index contributed by atoms with van der Waals surface area (Å²) in [4.78, 5) is 21.0. The minimum absolute atomic E-state index is 0.128. The van der Waals surface area contributed by atoms with Crippen LogP contribution >= 0.6 is 0 Å². The number of rotatable bonds is 5. The van der Waals surface area contributed by atoms with Gasteiger partial charge in [-0.3, -0.25) is 9.59 Å². The Labute approximate surface area is 81.7 Å². The highest BCUT2D eigenvalue weighted by atomic mass is 16.5. The van der Waals surface area contributed by atoms with Gasteiger partial charge < -0.3 is 14.9 Å². The summed E-state index contributed by atoms with van der Waals surface area (Å²) in [5, 5.41) is 17.2. The van der Waals surface area contributed by atoms with E-state index in [0.29, 0.717) is 6.61 Å². The largest absolute Gasteiger partial charge is 0.481 e. The molecule has 1 atom stereocenters. The predicted molar refractivity (Wildman–Crippen MR) is 47.0 cm³/mol. The zero-order chi connectivity index (χ0) is 10.6. The highest BCUT2D eigenvalue weighted by Crippen LogP contribution is 2.25. The Morgan fingerprint density at radius 1 is 1.29 bits per heavy atom. The molecule has 5 heteroatoms. The summed E-state index contributed by atoms with van der Waals surface area (Å²) in [5.41, 5.74) is 0. The Bertz CT molecular complexity index is 203. The van der Waals surface area contributed by atoms with E-state index < -0.39 is 17.9 Å². The van der Waals surface area contributed by atoms with Gasteiger partial charge in [-0.15, -0.1) is 0 Å². The highest BCUT2D eigenvalue weighted by molar-refractivity contribution is 5.70. The van der Waals surface area contributed by atoms with Crippen molar-refractivity contribution in [2.24, 2.45) is 5.92 Å². The van der Waals surface area contributed by atoms with E-state index >= 15 is 0 Å². The average molecular weight is 202 g/mol. The number of carboxylic acids is 2. The molecule has 0 aromatic carbocycles. The zero-order valence-corrected chi connectivity index (χ0v) is 7.81. The van der Waals surface area contributed by atoms with Crippen LogP contribution in [0.5, 0.6) is 0 Å². The van der Waals surface area contributed by atoms with Gasteiger partial charge in [0.25, 0.3) is 0 Å². The monoisotopic (exact) mass is 202 g/mol. The van der Waals surface area contributed by atoms with Crippen LogP contribution in [0.4, 0.5) is 0 Å². The van der Waals surface area contributed by atoms with Gasteiger partial charge in [0, 0.05) is 12.5 Å². The predicted octanol–water partition coefficient (Wildman–Crippen LogP) is 0.731. The molecule has 1 rings (SSSR count). The summed E-state index contributed by atoms with van der Waals surface area (Å²) in [6, 6.07) is 0. The fourth-order valence-electron chi connectivity index (χ4n) is 1.76. The molecule has 0 amide bonds. The lowest BCUT2D eigenvalue weighted by Crippen LogP contribution is -2.25. The highest BCUT2D eigenvalue weighted by Gasteiger charge is 2.29. The van der Waals surface area contributed by atoms with Crippen molar-refractivity contribution in [3.8, 4) is 0 Å². The molecule has 0 saturated carbocycles. The lowest BCUT2D eigenvalue weighted by atomic mass is 9.93. The van der Waals surface area contributed by atoms with E-state index in [2.05, 4.69) is 0 Å². The molecule has 1 heterocycles. The third-order valence-electron chi connectivity index (χ3n) is 2.36. The first-order chi connectivity index (χ1) is 6.59. The van der Waals surface area contributed by atoms with Crippen molar-refractivity contribution in [2.75, 3.05) is 6.61 Å². The lowest BCUT2D eigenvalue weighted by molar-refractivity contribution is -0.142. The second-order valence-electron chi connectivity index (χ2n) is 3.51. The summed E-state index contributed by atoms with van der Waals surface area (Å²) in [5.74, 6) is -2.33. The normalized spacial score (nSPS) is 21.4. The van der Waals surface area contributed by atoms with Gasteiger partial charge in [0.2, 0.25) is 0 Å². The van der Waals surface area contributed by atoms with Gasteiger partial charge in [-0.05, 0) is 12.8 Å². The van der Waals surface area contributed by atoms with E-state index in [9.17, 15) is 9.59 Å². The maximum Gasteiger partial charge on any atom is 0.303 e. The topological polar surface area (TPSA) is 83.8 Å². The molecule has 0 aromatic rings. The molecule has 80 valence electrons. The van der Waals surface area contributed by atoms with Gasteiger partial charge in [0.1, 0.15) is 0 Å². The Hall–Kier alpha value is -1.10. The van der Waals surface area contributed by atoms with Crippen molar-refractivity contribution in [1.29, 1.82) is 0 Å². The van der Waals surface area contributed by atoms with E-state index in [0.717, 1.165) is 12.8 Å². The Balaban J connectivity index is 2.50. The van der Waals surface area contributed by atoms with Crippen LogP contribution in [0.2, 0.25) is 0 Å². The molecule has 1 aliphatic rings. The number of hydrogen-bond acceptors (Lipinski definition) is 3. The first-order valence-corrected chi connectivity index (χ1v) is 4.65. The molecular formula is C9H14O5. The molecule has 0 radical (unpaired) electrons. The summed E-state index contributed by atoms with van der Waals surface area (Å²) in [6.45, 7) is 0.612. The molecule has 0 spiro atoms. The summed E-state index contributed by atoms with van der Waals surface area (Å²) >= 11 is 0. The first kappa shape index (κ1) is 11.0. The summed E-state index contributed by atoms with van der Waals surface area (Å²) < 4.78 is 5.29. The molecular weight excluding hydrogens is 188 g/mol. The molecule has 1 unspecified atom stereocenters. The van der Waals surface area contributed by atoms with E-state index in [-0.39, 0.29) is 18.9 Å². The minimum atomic E-state index is -0.966. The minimum Gasteiger partial charge on any atom is -0.481 e. The molecule has 1 saturated heterocycles. The molecule has 14 heavy (non-hydrogen) atoms. The zero-order valence-electron chi connectivity index (χ0n) is 7.81. The van der Waals surface area contributed by atoms with Gasteiger partial charge in [-0.25, -0.2) is 0 Å². The molecule has 2 N–H and O–H groups in total. The van der Waals surface area contributed by atoms with Crippen LogP contribution in [0.25, 0.3) is 0 Å². The molecule has 5 nitrogen and oxygen atoms in total. The fourth-order valence-corrected chi connectivity index (χ4v) is 1.76. The number of carbonyl (C=O) groups is 2. The molecule has 1 aliphatic heterocycles. The molecule has 0 bridgehead atoms. The van der Waals surface area contributed by atoms with Crippen molar-refractivity contribution < 1.29 is 24.5 Å². The SMILES string of the molecule is O=C(O)CC(CC(=O)O)C1CCCO1. The number of carboxylic acid groups (broad SMARTS) is 2. The number of aliphatic carboxylic acids is 2. The van der Waals surface area contributed by atoms with Crippen LogP contribution in [-0.4, -0.2) is 34.9 Å². The quantitative estimate of drug-likeness (QED) is 0.686. The van der Waals surface area contributed by atoms with Gasteiger partial charge in [-0.1, -0.05) is 0 Å². The standard InChI is InChI=1S/C9H14O5/c10-8(11)4-6(5-9(12)13)7-2-1-3-14-7/h6-7H,1-5H2,(H,10,11)(H,12,13). The molecule has 0 aliphatic carbocycles. The summed E-state index contributed by atoms with van der Waals surface area (Å²) in [7, 11) is 0. The average Bonchev–Trinajstić information content (AvgIpc) is 2.52. The second-order valence-corrected chi connectivity index (χ2v) is 3.51. The van der Waals surface area contributed by atoms with E-state index in [1.54, 1.807) is 0 Å². The lowest BCUT2D eigenvalue weighted by Gasteiger charge is -2.19. The van der Waals surface area contributed by atoms with Crippen molar-refractivity contribution in [3.63, 3.8) is 0 Å². The van der Waals surface area contributed by atoms with Crippen molar-refractivity contribution in [3.05, 3.63) is 0 Å². The second kappa shape index (κ2) is 4.95. The van der Waals surface area contributed by atoms with Crippen LogP contribution in [0, 0.1) is 5.92 Å². The summed E-state index contributed by atoms with van der Waals surface area (Å²) in [6.07, 6.45) is 1.21. The van der Waals surface area contributed by atoms with E-state index in [4.69, 9.17) is 14.9 Å². The maximum atomic E-state index is 10.5. The van der Waals surface area contributed by atoms with Gasteiger partial charge in [0.05, 0.1) is 18.9 Å². The van der Waals surface area contributed by atoms with Gasteiger partial charge in [-0.2, -0.15) is 0 Å². The molecule has 1 fully saturated rings. The third-order valence-corrected chi connectivity index (χ3v) is 2.36. The first-order valence-electron chi connectivity index (χ1n) is 4.65. The van der Waals surface area contributed by atoms with Crippen LogP contribution in [0.15, 0.2) is 0 Å². The molecule has 0 aromatic heterocycles. The maximum absolute atomic E-state index is 10.5. The number of hydrogen-bond donors (Lipinski definition) is 2. The Kier molecular flexibility index (Phi) is 3.88. The smallest absolute Gasteiger partial charge is 0.303 e. The number of ether oxygens (including phenoxy) is 1. The van der Waals surface area contributed by atoms with Crippen molar-refractivity contribution in [1.82, 2.24) is 0 Å². The van der Waals surface area contributed by atoms with Crippen molar-refractivity contribution >= 4 is 11.9 Å². The van der Waals surface area contributed by atoms with Gasteiger partial charge >= 0.3 is 11.9 Å². The third kappa shape index (κ3) is 3.33. The fraction of sp³-hybridized carbons (Fsp3) is 0.778.